The van der Waals surface area contributed by atoms with E-state index in [2.05, 4.69) is 34.7 Å². The minimum absolute atomic E-state index is 0.561. The van der Waals surface area contributed by atoms with Gasteiger partial charge in [-0.25, -0.2) is 0 Å². The maximum Gasteiger partial charge on any atom is 0.150 e. The Bertz CT molecular complexity index is 649. The number of benzene rings is 2. The highest BCUT2D eigenvalue weighted by molar-refractivity contribution is 14.1. The van der Waals surface area contributed by atoms with Crippen LogP contribution in [0.25, 0.3) is 0 Å². The fourth-order valence-electron chi connectivity index (χ4n) is 3.24. The molecule has 3 rings (SSSR count). The summed E-state index contributed by atoms with van der Waals surface area (Å²) >= 11 is 2.51. The van der Waals surface area contributed by atoms with Crippen LogP contribution in [0.2, 0.25) is 0 Å². The average Bonchev–Trinajstić information content (AvgIpc) is 2.58. The van der Waals surface area contributed by atoms with Crippen molar-refractivity contribution in [2.24, 2.45) is 5.92 Å². The van der Waals surface area contributed by atoms with Crippen molar-refractivity contribution < 1.29 is 4.74 Å². The lowest BCUT2D eigenvalue weighted by Gasteiger charge is -2.27. The SMILES string of the molecule is Nc1ccc(Oc2ccc(C3CCC(CI)CC3)cc2)c(N)c1. The Labute approximate surface area is 151 Å². The summed E-state index contributed by atoms with van der Waals surface area (Å²) in [5.74, 6) is 3.08. The van der Waals surface area contributed by atoms with E-state index in [1.54, 1.807) is 12.1 Å². The summed E-state index contributed by atoms with van der Waals surface area (Å²) in [6, 6.07) is 13.8. The van der Waals surface area contributed by atoms with Crippen LogP contribution in [0, 0.1) is 5.92 Å². The molecular formula is C19H23IN2O. The highest BCUT2D eigenvalue weighted by atomic mass is 127. The smallest absolute Gasteiger partial charge is 0.150 e. The van der Waals surface area contributed by atoms with Crippen LogP contribution in [0.15, 0.2) is 42.5 Å². The minimum Gasteiger partial charge on any atom is -0.455 e. The third-order valence-electron chi connectivity index (χ3n) is 4.68. The van der Waals surface area contributed by atoms with Crippen LogP contribution in [-0.2, 0) is 0 Å². The van der Waals surface area contributed by atoms with Gasteiger partial charge in [-0.3, -0.25) is 0 Å². The van der Waals surface area contributed by atoms with Crippen LogP contribution in [0.4, 0.5) is 11.4 Å². The highest BCUT2D eigenvalue weighted by Crippen LogP contribution is 2.37. The fourth-order valence-corrected chi connectivity index (χ4v) is 4.13. The van der Waals surface area contributed by atoms with Crippen molar-refractivity contribution in [3.8, 4) is 11.5 Å². The van der Waals surface area contributed by atoms with Crippen LogP contribution in [-0.4, -0.2) is 4.43 Å². The van der Waals surface area contributed by atoms with Crippen molar-refractivity contribution in [3.63, 3.8) is 0 Å². The van der Waals surface area contributed by atoms with E-state index in [9.17, 15) is 0 Å². The van der Waals surface area contributed by atoms with Gasteiger partial charge in [0.05, 0.1) is 5.69 Å². The summed E-state index contributed by atoms with van der Waals surface area (Å²) in [7, 11) is 0. The van der Waals surface area contributed by atoms with Gasteiger partial charge < -0.3 is 16.2 Å². The molecule has 2 aromatic carbocycles. The first-order valence-electron chi connectivity index (χ1n) is 8.14. The maximum absolute atomic E-state index is 5.94. The maximum atomic E-state index is 5.94. The van der Waals surface area contributed by atoms with Crippen molar-refractivity contribution in [1.29, 1.82) is 0 Å². The zero-order valence-electron chi connectivity index (χ0n) is 13.2. The number of ether oxygens (including phenoxy) is 1. The van der Waals surface area contributed by atoms with Gasteiger partial charge in [-0.15, -0.1) is 0 Å². The molecule has 0 atom stereocenters. The second-order valence-corrected chi connectivity index (χ2v) is 7.22. The van der Waals surface area contributed by atoms with Gasteiger partial charge in [0, 0.05) is 10.1 Å². The van der Waals surface area contributed by atoms with E-state index in [4.69, 9.17) is 16.2 Å². The van der Waals surface area contributed by atoms with Crippen LogP contribution in [0.1, 0.15) is 37.2 Å². The van der Waals surface area contributed by atoms with Gasteiger partial charge >= 0.3 is 0 Å². The van der Waals surface area contributed by atoms with Gasteiger partial charge in [0.25, 0.3) is 0 Å². The Balaban J connectivity index is 1.65. The molecule has 1 saturated carbocycles. The molecule has 0 radical (unpaired) electrons. The molecule has 0 unspecified atom stereocenters. The standard InChI is InChI=1S/C19H23IN2O/c20-12-13-1-3-14(4-2-13)15-5-8-17(9-6-15)23-19-10-7-16(21)11-18(19)22/h5-11,13-14H,1-4,12,21-22H2. The molecule has 0 bridgehead atoms. The second-order valence-electron chi connectivity index (χ2n) is 6.34. The van der Waals surface area contributed by atoms with Gasteiger partial charge in [-0.05, 0) is 73.4 Å². The van der Waals surface area contributed by atoms with Crippen molar-refractivity contribution in [2.45, 2.75) is 31.6 Å². The molecule has 1 aliphatic carbocycles. The Morgan fingerprint density at radius 2 is 1.65 bits per heavy atom. The quantitative estimate of drug-likeness (QED) is 0.397. The van der Waals surface area contributed by atoms with Crippen molar-refractivity contribution in [2.75, 3.05) is 15.9 Å². The zero-order valence-corrected chi connectivity index (χ0v) is 15.3. The number of halogens is 1. The minimum atomic E-state index is 0.561. The molecule has 4 heteroatoms. The average molecular weight is 422 g/mol. The lowest BCUT2D eigenvalue weighted by Crippen LogP contribution is -2.14. The second kappa shape index (κ2) is 7.43. The highest BCUT2D eigenvalue weighted by Gasteiger charge is 2.21. The third-order valence-corrected chi connectivity index (χ3v) is 5.92. The lowest BCUT2D eigenvalue weighted by atomic mass is 9.79. The molecular weight excluding hydrogens is 399 g/mol. The number of nitrogen functional groups attached to an aromatic ring is 2. The first-order chi connectivity index (χ1) is 11.2. The predicted molar refractivity (Wildman–Crippen MR) is 105 cm³/mol. The van der Waals surface area contributed by atoms with E-state index < -0.39 is 0 Å². The monoisotopic (exact) mass is 422 g/mol. The van der Waals surface area contributed by atoms with Crippen LogP contribution < -0.4 is 16.2 Å². The van der Waals surface area contributed by atoms with Gasteiger partial charge in [0.1, 0.15) is 11.5 Å². The molecule has 0 heterocycles. The number of nitrogens with two attached hydrogens (primary N) is 2. The molecule has 0 amide bonds. The number of hydrogen-bond acceptors (Lipinski definition) is 3. The van der Waals surface area contributed by atoms with Crippen molar-refractivity contribution >= 4 is 34.0 Å². The van der Waals surface area contributed by atoms with Gasteiger partial charge in [0.2, 0.25) is 0 Å². The molecule has 0 aliphatic heterocycles. The van der Waals surface area contributed by atoms with E-state index in [0.29, 0.717) is 23.0 Å². The molecule has 1 fully saturated rings. The normalized spacial score (nSPS) is 21.1. The van der Waals surface area contributed by atoms with E-state index in [0.717, 1.165) is 11.7 Å². The van der Waals surface area contributed by atoms with Gasteiger partial charge in [-0.2, -0.15) is 0 Å². The Kier molecular flexibility index (Phi) is 5.30. The largest absolute Gasteiger partial charge is 0.455 e. The molecule has 3 nitrogen and oxygen atoms in total. The van der Waals surface area contributed by atoms with Gasteiger partial charge in [0.15, 0.2) is 0 Å². The predicted octanol–water partition coefficient (Wildman–Crippen LogP) is 5.35. The van der Waals surface area contributed by atoms with Gasteiger partial charge in [-0.1, -0.05) is 34.7 Å². The first-order valence-corrected chi connectivity index (χ1v) is 9.67. The lowest BCUT2D eigenvalue weighted by molar-refractivity contribution is 0.355. The molecule has 0 spiro atoms. The molecule has 0 saturated heterocycles. The Morgan fingerprint density at radius 3 is 2.26 bits per heavy atom. The third kappa shape index (κ3) is 4.10. The fraction of sp³-hybridized carbons (Fsp3) is 0.368. The first kappa shape index (κ1) is 16.4. The summed E-state index contributed by atoms with van der Waals surface area (Å²) < 4.78 is 7.15. The molecule has 4 N–H and O–H groups in total. The summed E-state index contributed by atoms with van der Waals surface area (Å²) in [6.45, 7) is 0. The molecule has 0 aromatic heterocycles. The summed E-state index contributed by atoms with van der Waals surface area (Å²) in [5, 5.41) is 0. The number of rotatable bonds is 4. The van der Waals surface area contributed by atoms with E-state index in [1.165, 1.54) is 35.7 Å². The zero-order chi connectivity index (χ0) is 16.2. The molecule has 2 aromatic rings. The van der Waals surface area contributed by atoms with E-state index >= 15 is 0 Å². The van der Waals surface area contributed by atoms with E-state index in [-0.39, 0.29) is 0 Å². The Morgan fingerprint density at radius 1 is 0.957 bits per heavy atom. The van der Waals surface area contributed by atoms with Crippen LogP contribution in [0.3, 0.4) is 0 Å². The molecule has 23 heavy (non-hydrogen) atoms. The summed E-state index contributed by atoms with van der Waals surface area (Å²) in [5.41, 5.74) is 14.3. The van der Waals surface area contributed by atoms with Crippen LogP contribution >= 0.6 is 22.6 Å². The number of anilines is 2. The Hall–Kier alpha value is -1.43. The van der Waals surface area contributed by atoms with Crippen molar-refractivity contribution in [1.82, 2.24) is 0 Å². The summed E-state index contributed by atoms with van der Waals surface area (Å²) in [4.78, 5) is 0. The van der Waals surface area contributed by atoms with Crippen LogP contribution in [0.5, 0.6) is 11.5 Å². The number of hydrogen-bond donors (Lipinski definition) is 2. The number of alkyl halides is 1. The topological polar surface area (TPSA) is 61.3 Å². The molecule has 122 valence electrons. The van der Waals surface area contributed by atoms with Crippen molar-refractivity contribution in [3.05, 3.63) is 48.0 Å². The molecule has 1 aliphatic rings. The summed E-state index contributed by atoms with van der Waals surface area (Å²) in [6.07, 6.45) is 5.32. The van der Waals surface area contributed by atoms with E-state index in [1.807, 2.05) is 18.2 Å².